The van der Waals surface area contributed by atoms with Crippen molar-refractivity contribution >= 4 is 5.91 Å². The number of piperidine rings is 1. The fraction of sp³-hybridized carbons (Fsp3) is 0.476. The predicted molar refractivity (Wildman–Crippen MR) is 106 cm³/mol. The summed E-state index contributed by atoms with van der Waals surface area (Å²) in [4.78, 5) is 30.9. The Hall–Kier alpha value is -2.47. The van der Waals surface area contributed by atoms with Crippen molar-refractivity contribution in [1.82, 2.24) is 19.8 Å². The van der Waals surface area contributed by atoms with Gasteiger partial charge in [0.25, 0.3) is 0 Å². The van der Waals surface area contributed by atoms with Gasteiger partial charge < -0.3 is 5.32 Å². The molecule has 1 aromatic heterocycles. The van der Waals surface area contributed by atoms with Gasteiger partial charge in [-0.05, 0) is 51.4 Å². The highest BCUT2D eigenvalue weighted by Crippen LogP contribution is 2.23. The van der Waals surface area contributed by atoms with Gasteiger partial charge in [0, 0.05) is 17.9 Å². The van der Waals surface area contributed by atoms with Gasteiger partial charge in [-0.25, -0.2) is 4.79 Å². The predicted octanol–water partition coefficient (Wildman–Crippen LogP) is 2.20. The van der Waals surface area contributed by atoms with Crippen LogP contribution in [0.25, 0.3) is 0 Å². The molecule has 0 saturated carbocycles. The summed E-state index contributed by atoms with van der Waals surface area (Å²) in [5.74, 6) is -0.163. The number of amides is 1. The second-order valence-electron chi connectivity index (χ2n) is 7.23. The van der Waals surface area contributed by atoms with Crippen LogP contribution in [0.15, 0.2) is 41.2 Å². The summed E-state index contributed by atoms with van der Waals surface area (Å²) in [7, 11) is 0. The molecule has 1 aliphatic heterocycles. The molecule has 6 nitrogen and oxygen atoms in total. The van der Waals surface area contributed by atoms with Crippen LogP contribution in [0.1, 0.15) is 42.3 Å². The Bertz CT molecular complexity index is 826. The van der Waals surface area contributed by atoms with Crippen LogP contribution in [0.2, 0.25) is 0 Å². The Morgan fingerprint density at radius 2 is 1.85 bits per heavy atom. The lowest BCUT2D eigenvalue weighted by Crippen LogP contribution is -2.42. The van der Waals surface area contributed by atoms with Gasteiger partial charge in [0.2, 0.25) is 5.91 Å². The average molecular weight is 368 g/mol. The van der Waals surface area contributed by atoms with Gasteiger partial charge in [-0.1, -0.05) is 36.8 Å². The van der Waals surface area contributed by atoms with Crippen molar-refractivity contribution in [3.05, 3.63) is 63.8 Å². The molecule has 0 bridgehead atoms. The molecule has 1 saturated heterocycles. The van der Waals surface area contributed by atoms with Crippen LogP contribution in [0.5, 0.6) is 0 Å². The molecule has 1 unspecified atom stereocenters. The zero-order valence-electron chi connectivity index (χ0n) is 16.1. The molecule has 2 aromatic rings. The highest BCUT2D eigenvalue weighted by Gasteiger charge is 2.22. The van der Waals surface area contributed by atoms with Crippen molar-refractivity contribution in [2.24, 2.45) is 0 Å². The molecule has 1 aromatic carbocycles. The molecule has 1 atom stereocenters. The van der Waals surface area contributed by atoms with E-state index in [0.717, 1.165) is 18.8 Å². The van der Waals surface area contributed by atoms with Gasteiger partial charge >= 0.3 is 5.69 Å². The summed E-state index contributed by atoms with van der Waals surface area (Å²) in [5.41, 5.74) is 2.25. The first kappa shape index (κ1) is 19.3. The van der Waals surface area contributed by atoms with Crippen LogP contribution < -0.4 is 11.0 Å². The second-order valence-corrected chi connectivity index (χ2v) is 7.23. The summed E-state index contributed by atoms with van der Waals surface area (Å²) in [6, 6.07) is 12.3. The topological polar surface area (TPSA) is 67.2 Å². The van der Waals surface area contributed by atoms with Crippen LogP contribution in [0.3, 0.4) is 0 Å². The van der Waals surface area contributed by atoms with Gasteiger partial charge in [-0.3, -0.25) is 14.3 Å². The molecule has 2 heterocycles. The van der Waals surface area contributed by atoms with Crippen molar-refractivity contribution in [2.75, 3.05) is 19.6 Å². The van der Waals surface area contributed by atoms with Crippen LogP contribution in [0.4, 0.5) is 0 Å². The third-order valence-electron chi connectivity index (χ3n) is 5.16. The van der Waals surface area contributed by atoms with Gasteiger partial charge in [0.15, 0.2) is 0 Å². The molecule has 0 radical (unpaired) electrons. The maximum Gasteiger partial charge on any atom is 0.348 e. The molecule has 1 fully saturated rings. The largest absolute Gasteiger partial charge is 0.353 e. The minimum absolute atomic E-state index is 0.000539. The van der Waals surface area contributed by atoms with Crippen molar-refractivity contribution in [1.29, 1.82) is 0 Å². The number of hydrogen-bond acceptors (Lipinski definition) is 4. The number of rotatable bonds is 6. The smallest absolute Gasteiger partial charge is 0.348 e. The number of likely N-dealkylation sites (tertiary alicyclic amines) is 1. The van der Waals surface area contributed by atoms with E-state index >= 15 is 0 Å². The summed E-state index contributed by atoms with van der Waals surface area (Å²) >= 11 is 0. The number of nitrogens with one attached hydrogen (secondary N) is 1. The summed E-state index contributed by atoms with van der Waals surface area (Å²) in [5, 5.41) is 3.03. The highest BCUT2D eigenvalue weighted by atomic mass is 16.2. The molecule has 1 aliphatic rings. The van der Waals surface area contributed by atoms with Crippen LogP contribution >= 0.6 is 0 Å². The van der Waals surface area contributed by atoms with E-state index in [1.54, 1.807) is 6.92 Å². The maximum atomic E-state index is 12.5. The molecular weight excluding hydrogens is 340 g/mol. The molecule has 0 aliphatic carbocycles. The number of carbonyl (C=O) groups excluding carboxylic acids is 1. The fourth-order valence-corrected chi connectivity index (χ4v) is 3.74. The molecule has 0 spiro atoms. The first-order valence-corrected chi connectivity index (χ1v) is 9.65. The number of hydrogen-bond donors (Lipinski definition) is 1. The van der Waals surface area contributed by atoms with Gasteiger partial charge in [0.05, 0.1) is 6.04 Å². The molecule has 3 rings (SSSR count). The second kappa shape index (κ2) is 8.95. The molecular formula is C21H28N4O2. The van der Waals surface area contributed by atoms with E-state index in [1.807, 2.05) is 31.2 Å². The van der Waals surface area contributed by atoms with E-state index in [9.17, 15) is 9.59 Å². The molecule has 1 N–H and O–H groups in total. The van der Waals surface area contributed by atoms with Crippen molar-refractivity contribution in [3.8, 4) is 0 Å². The number of aromatic nitrogens is 2. The molecule has 27 heavy (non-hydrogen) atoms. The average Bonchev–Trinajstić information content (AvgIpc) is 2.66. The van der Waals surface area contributed by atoms with E-state index in [-0.39, 0.29) is 24.2 Å². The standard InChI is InChI=1S/C21H28N4O2/c1-16-13-17(2)25(21(27)23-16)15-20(26)22-14-19(18-9-5-3-6-10-18)24-11-7-4-8-12-24/h3,5-6,9-10,13,19H,4,7-8,11-12,14-15H2,1-2H3,(H,22,26). The monoisotopic (exact) mass is 368 g/mol. The summed E-state index contributed by atoms with van der Waals surface area (Å²) < 4.78 is 1.42. The lowest BCUT2D eigenvalue weighted by Gasteiger charge is -2.35. The van der Waals surface area contributed by atoms with Gasteiger partial charge in [0.1, 0.15) is 6.54 Å². The first-order chi connectivity index (χ1) is 13.0. The van der Waals surface area contributed by atoms with E-state index in [1.165, 1.54) is 29.4 Å². The quantitative estimate of drug-likeness (QED) is 0.849. The van der Waals surface area contributed by atoms with E-state index in [0.29, 0.717) is 12.2 Å². The van der Waals surface area contributed by atoms with Gasteiger partial charge in [-0.15, -0.1) is 0 Å². The maximum absolute atomic E-state index is 12.5. The van der Waals surface area contributed by atoms with Crippen LogP contribution in [0, 0.1) is 13.8 Å². The SMILES string of the molecule is Cc1cc(C)n(CC(=O)NCC(c2ccccc2)N2CCCCC2)c(=O)n1. The number of aryl methyl sites for hydroxylation is 2. The molecule has 6 heteroatoms. The zero-order chi connectivity index (χ0) is 19.2. The summed E-state index contributed by atoms with van der Waals surface area (Å²) in [6.45, 7) is 6.24. The van der Waals surface area contributed by atoms with Gasteiger partial charge in [-0.2, -0.15) is 4.98 Å². The number of benzene rings is 1. The van der Waals surface area contributed by atoms with Crippen molar-refractivity contribution in [3.63, 3.8) is 0 Å². The van der Waals surface area contributed by atoms with Crippen molar-refractivity contribution < 1.29 is 4.79 Å². The van der Waals surface area contributed by atoms with Crippen molar-refractivity contribution in [2.45, 2.75) is 45.7 Å². The summed E-state index contributed by atoms with van der Waals surface area (Å²) in [6.07, 6.45) is 3.66. The number of nitrogens with zero attached hydrogens (tertiary/aromatic N) is 3. The molecule has 144 valence electrons. The minimum atomic E-state index is -0.377. The van der Waals surface area contributed by atoms with Crippen LogP contribution in [-0.4, -0.2) is 40.0 Å². The minimum Gasteiger partial charge on any atom is -0.353 e. The first-order valence-electron chi connectivity index (χ1n) is 9.65. The molecule has 1 amide bonds. The number of carbonyl (C=O) groups is 1. The lowest BCUT2D eigenvalue weighted by atomic mass is 10.0. The van der Waals surface area contributed by atoms with Crippen LogP contribution in [-0.2, 0) is 11.3 Å². The zero-order valence-corrected chi connectivity index (χ0v) is 16.1. The Labute approximate surface area is 160 Å². The third-order valence-corrected chi connectivity index (χ3v) is 5.16. The fourth-order valence-electron chi connectivity index (χ4n) is 3.74. The normalized spacial score (nSPS) is 16.1. The Kier molecular flexibility index (Phi) is 6.40. The highest BCUT2D eigenvalue weighted by molar-refractivity contribution is 5.75. The lowest BCUT2D eigenvalue weighted by molar-refractivity contribution is -0.122. The third kappa shape index (κ3) is 5.04. The Morgan fingerprint density at radius 1 is 1.15 bits per heavy atom. The van der Waals surface area contributed by atoms with E-state index in [2.05, 4.69) is 27.3 Å². The van der Waals surface area contributed by atoms with E-state index in [4.69, 9.17) is 0 Å². The Morgan fingerprint density at radius 3 is 2.52 bits per heavy atom. The Balaban J connectivity index is 1.68. The van der Waals surface area contributed by atoms with E-state index < -0.39 is 0 Å².